The third-order valence-corrected chi connectivity index (χ3v) is 3.03. The van der Waals surface area contributed by atoms with Gasteiger partial charge in [-0.05, 0) is 24.3 Å². The van der Waals surface area contributed by atoms with Crippen LogP contribution in [-0.4, -0.2) is 9.78 Å². The topological polar surface area (TPSA) is 17.8 Å². The molecule has 0 aliphatic heterocycles. The molecule has 0 N–H and O–H groups in total. The van der Waals surface area contributed by atoms with Crippen molar-refractivity contribution in [3.63, 3.8) is 0 Å². The second kappa shape index (κ2) is 3.87. The average Bonchev–Trinajstić information content (AvgIpc) is 2.56. The van der Waals surface area contributed by atoms with Crippen molar-refractivity contribution in [2.45, 2.75) is 0 Å². The summed E-state index contributed by atoms with van der Waals surface area (Å²) < 4.78 is 3.75. The molecule has 1 radical (unpaired) electrons. The Morgan fingerprint density at radius 1 is 1.36 bits per heavy atom. The standard InChI is InChI=1S/C10H7Br2N2/c1-14-5-4-10(13-14)8-6-7(11)2-3-9(8)12/h2-4,6H,1H3. The van der Waals surface area contributed by atoms with Crippen molar-refractivity contribution in [1.82, 2.24) is 9.78 Å². The van der Waals surface area contributed by atoms with E-state index in [4.69, 9.17) is 0 Å². The smallest absolute Gasteiger partial charge is 0.0941 e. The normalized spacial score (nSPS) is 10.5. The summed E-state index contributed by atoms with van der Waals surface area (Å²) in [7, 11) is 1.86. The predicted molar refractivity (Wildman–Crippen MR) is 62.9 cm³/mol. The molecule has 0 saturated carbocycles. The van der Waals surface area contributed by atoms with Crippen LogP contribution in [-0.2, 0) is 7.05 Å². The van der Waals surface area contributed by atoms with Crippen LogP contribution < -0.4 is 0 Å². The van der Waals surface area contributed by atoms with Gasteiger partial charge in [-0.25, -0.2) is 0 Å². The van der Waals surface area contributed by atoms with E-state index in [-0.39, 0.29) is 0 Å². The Kier molecular flexibility index (Phi) is 2.74. The van der Waals surface area contributed by atoms with Gasteiger partial charge in [-0.1, -0.05) is 31.9 Å². The molecule has 1 aromatic heterocycles. The molecule has 2 nitrogen and oxygen atoms in total. The summed E-state index contributed by atoms with van der Waals surface area (Å²) >= 11 is 6.93. The summed E-state index contributed by atoms with van der Waals surface area (Å²) in [4.78, 5) is 0. The van der Waals surface area contributed by atoms with Crippen LogP contribution >= 0.6 is 31.9 Å². The molecule has 2 rings (SSSR count). The SMILES string of the molecule is Cn1[c]cc(-c2cc(Br)ccc2Br)n1. The van der Waals surface area contributed by atoms with E-state index >= 15 is 0 Å². The number of hydrogen-bond acceptors (Lipinski definition) is 1. The maximum absolute atomic E-state index is 4.29. The first-order chi connectivity index (χ1) is 6.66. The van der Waals surface area contributed by atoms with Crippen molar-refractivity contribution in [1.29, 1.82) is 0 Å². The van der Waals surface area contributed by atoms with Gasteiger partial charge in [-0.15, -0.1) is 0 Å². The highest BCUT2D eigenvalue weighted by atomic mass is 79.9. The van der Waals surface area contributed by atoms with Crippen molar-refractivity contribution in [3.05, 3.63) is 39.4 Å². The first kappa shape index (κ1) is 9.93. The van der Waals surface area contributed by atoms with Gasteiger partial charge in [-0.3, -0.25) is 4.68 Å². The number of aryl methyl sites for hydroxylation is 1. The number of halogens is 2. The van der Waals surface area contributed by atoms with E-state index in [9.17, 15) is 0 Å². The fraction of sp³-hybridized carbons (Fsp3) is 0.100. The van der Waals surface area contributed by atoms with Gasteiger partial charge >= 0.3 is 0 Å². The maximum atomic E-state index is 4.29. The van der Waals surface area contributed by atoms with Gasteiger partial charge in [-0.2, -0.15) is 5.10 Å². The highest BCUT2D eigenvalue weighted by Crippen LogP contribution is 2.29. The summed E-state index contributed by atoms with van der Waals surface area (Å²) in [6.45, 7) is 0. The first-order valence-electron chi connectivity index (χ1n) is 4.04. The molecule has 0 aliphatic rings. The van der Waals surface area contributed by atoms with Crippen LogP contribution in [0.3, 0.4) is 0 Å². The minimum absolute atomic E-state index is 0.917. The van der Waals surface area contributed by atoms with E-state index in [0.717, 1.165) is 20.2 Å². The number of rotatable bonds is 1. The van der Waals surface area contributed by atoms with Crippen LogP contribution in [0.25, 0.3) is 11.3 Å². The van der Waals surface area contributed by atoms with Crippen molar-refractivity contribution in [2.24, 2.45) is 7.05 Å². The molecule has 0 aliphatic carbocycles. The van der Waals surface area contributed by atoms with E-state index in [0.29, 0.717) is 0 Å². The lowest BCUT2D eigenvalue weighted by Crippen LogP contribution is -1.88. The Hall–Kier alpha value is -0.610. The number of aromatic nitrogens is 2. The Morgan fingerprint density at radius 2 is 2.14 bits per heavy atom. The molecule has 0 atom stereocenters. The van der Waals surface area contributed by atoms with Gasteiger partial charge in [0.05, 0.1) is 11.9 Å². The fourth-order valence-corrected chi connectivity index (χ4v) is 2.01. The molecule has 1 aromatic carbocycles. The summed E-state index contributed by atoms with van der Waals surface area (Å²) in [5, 5.41) is 4.29. The van der Waals surface area contributed by atoms with E-state index < -0.39 is 0 Å². The van der Waals surface area contributed by atoms with Crippen molar-refractivity contribution in [3.8, 4) is 11.3 Å². The molecule has 0 bridgehead atoms. The second-order valence-corrected chi connectivity index (χ2v) is 4.68. The molecule has 0 unspecified atom stereocenters. The zero-order chi connectivity index (χ0) is 10.1. The van der Waals surface area contributed by atoms with Gasteiger partial charge in [0.2, 0.25) is 0 Å². The molecule has 0 fully saturated rings. The highest BCUT2D eigenvalue weighted by Gasteiger charge is 2.06. The monoisotopic (exact) mass is 313 g/mol. The Bertz CT molecular complexity index is 463. The lowest BCUT2D eigenvalue weighted by molar-refractivity contribution is 0.764. The third kappa shape index (κ3) is 1.91. The van der Waals surface area contributed by atoms with Crippen LogP contribution in [0, 0.1) is 6.20 Å². The molecule has 2 aromatic rings. The van der Waals surface area contributed by atoms with Crippen LogP contribution in [0.1, 0.15) is 0 Å². The Morgan fingerprint density at radius 3 is 2.79 bits per heavy atom. The van der Waals surface area contributed by atoms with Gasteiger partial charge in [0.15, 0.2) is 0 Å². The quantitative estimate of drug-likeness (QED) is 0.788. The average molecular weight is 315 g/mol. The number of nitrogens with zero attached hydrogens (tertiary/aromatic N) is 2. The molecule has 0 amide bonds. The maximum Gasteiger partial charge on any atom is 0.0941 e. The van der Waals surface area contributed by atoms with E-state index in [1.54, 1.807) is 4.68 Å². The largest absolute Gasteiger partial charge is 0.266 e. The zero-order valence-corrected chi connectivity index (χ0v) is 10.6. The van der Waals surface area contributed by atoms with Crippen molar-refractivity contribution >= 4 is 31.9 Å². The lowest BCUT2D eigenvalue weighted by Gasteiger charge is -2.01. The molecular formula is C10H7Br2N2. The summed E-state index contributed by atoms with van der Waals surface area (Å²) in [6, 6.07) is 7.88. The zero-order valence-electron chi connectivity index (χ0n) is 7.46. The van der Waals surface area contributed by atoms with Crippen LogP contribution in [0.4, 0.5) is 0 Å². The van der Waals surface area contributed by atoms with Gasteiger partial charge in [0, 0.05) is 21.6 Å². The van der Waals surface area contributed by atoms with Gasteiger partial charge in [0.1, 0.15) is 0 Å². The number of hydrogen-bond donors (Lipinski definition) is 0. The molecule has 1 heterocycles. The van der Waals surface area contributed by atoms with Crippen molar-refractivity contribution in [2.75, 3.05) is 0 Å². The van der Waals surface area contributed by atoms with E-state index in [1.807, 2.05) is 31.3 Å². The van der Waals surface area contributed by atoms with Crippen LogP contribution in [0.15, 0.2) is 33.2 Å². The second-order valence-electron chi connectivity index (χ2n) is 2.91. The molecule has 14 heavy (non-hydrogen) atoms. The molecule has 0 spiro atoms. The molecule has 0 saturated heterocycles. The lowest BCUT2D eigenvalue weighted by atomic mass is 10.2. The molecule has 4 heteroatoms. The first-order valence-corrected chi connectivity index (χ1v) is 5.62. The minimum atomic E-state index is 0.917. The minimum Gasteiger partial charge on any atom is -0.266 e. The van der Waals surface area contributed by atoms with E-state index in [1.165, 1.54) is 0 Å². The Labute approximate surface area is 99.2 Å². The summed E-state index contributed by atoms with van der Waals surface area (Å²) in [6.07, 6.45) is 2.98. The van der Waals surface area contributed by atoms with Crippen LogP contribution in [0.2, 0.25) is 0 Å². The van der Waals surface area contributed by atoms with Gasteiger partial charge < -0.3 is 0 Å². The predicted octanol–water partition coefficient (Wildman–Crippen LogP) is 3.41. The van der Waals surface area contributed by atoms with E-state index in [2.05, 4.69) is 43.2 Å². The number of benzene rings is 1. The van der Waals surface area contributed by atoms with Crippen LogP contribution in [0.5, 0.6) is 0 Å². The Balaban J connectivity index is 2.55. The fourth-order valence-electron chi connectivity index (χ4n) is 1.20. The third-order valence-electron chi connectivity index (χ3n) is 1.85. The molecular weight excluding hydrogens is 308 g/mol. The van der Waals surface area contributed by atoms with Gasteiger partial charge in [0.25, 0.3) is 0 Å². The summed E-state index contributed by atoms with van der Waals surface area (Å²) in [5.41, 5.74) is 1.98. The van der Waals surface area contributed by atoms with Crippen molar-refractivity contribution < 1.29 is 0 Å². The molecule has 71 valence electrons. The summed E-state index contributed by atoms with van der Waals surface area (Å²) in [5.74, 6) is 0. The highest BCUT2D eigenvalue weighted by molar-refractivity contribution is 9.11.